The Morgan fingerprint density at radius 1 is 0.366 bits per heavy atom. The molecule has 0 aromatic heterocycles. The maximum atomic E-state index is 13.3. The fourth-order valence-electron chi connectivity index (χ4n) is 16.5. The number of aliphatic carboxylic acids is 1. The first-order valence-corrected chi connectivity index (χ1v) is 41.5. The summed E-state index contributed by atoms with van der Waals surface area (Å²) in [5.41, 5.74) is 0. The van der Waals surface area contributed by atoms with Crippen molar-refractivity contribution in [1.29, 1.82) is 0 Å². The van der Waals surface area contributed by atoms with Gasteiger partial charge in [-0.3, -0.25) is 24.0 Å². The molecule has 9 fully saturated rings. The second-order valence-electron chi connectivity index (χ2n) is 32.9. The van der Waals surface area contributed by atoms with Crippen molar-refractivity contribution in [3.63, 3.8) is 0 Å². The molecule has 9 aliphatic rings. The number of hydrogen-bond donors (Lipinski definition) is 34. The molecule has 9 heterocycles. The number of carboxylic acids is 1. The summed E-state index contributed by atoms with van der Waals surface area (Å²) in [5.74, 6) is -10.3. The lowest BCUT2D eigenvalue weighted by Gasteiger charge is -2.51. The molecule has 0 unspecified atom stereocenters. The van der Waals surface area contributed by atoms with Gasteiger partial charge in [0.15, 0.2) is 50.3 Å². The Morgan fingerprint density at radius 3 is 1.25 bits per heavy atom. The lowest BCUT2D eigenvalue weighted by molar-refractivity contribution is -0.397. The molecule has 58 heteroatoms. The predicted molar refractivity (Wildman–Crippen MR) is 406 cm³/mol. The largest absolute Gasteiger partial charge is 0.477 e. The van der Waals surface area contributed by atoms with E-state index >= 15 is 0 Å². The third-order valence-electron chi connectivity index (χ3n) is 23.4. The van der Waals surface area contributed by atoms with Crippen LogP contribution in [-0.4, -0.2) is 556 Å². The normalized spacial score (nSPS) is 45.0. The van der Waals surface area contributed by atoms with Gasteiger partial charge in [0, 0.05) is 41.0 Å². The number of aliphatic hydroxyl groups excluding tert-OH is 28. The molecule has 9 rings (SSSR count). The average molecular weight is 1920 g/mol. The van der Waals surface area contributed by atoms with E-state index in [1.807, 2.05) is 0 Å². The van der Waals surface area contributed by atoms with E-state index in [0.717, 1.165) is 34.6 Å². The summed E-state index contributed by atoms with van der Waals surface area (Å²) in [4.78, 5) is 77.0. The van der Waals surface area contributed by atoms with Gasteiger partial charge in [-0.1, -0.05) is 0 Å². The number of hydrogen-bond acceptors (Lipinski definition) is 52. The first kappa shape index (κ1) is 110. The van der Waals surface area contributed by atoms with Gasteiger partial charge in [-0.15, -0.1) is 0 Å². The lowest BCUT2D eigenvalue weighted by atomic mass is 9.88. The van der Waals surface area contributed by atoms with Crippen LogP contribution >= 0.6 is 0 Å². The van der Waals surface area contributed by atoms with E-state index in [9.17, 15) is 177 Å². The summed E-state index contributed by atoms with van der Waals surface area (Å²) in [6, 6.07) is -9.58. The molecule has 9 saturated heterocycles. The van der Waals surface area contributed by atoms with E-state index in [-0.39, 0.29) is 0 Å². The highest BCUT2D eigenvalue weighted by atomic mass is 16.8. The van der Waals surface area contributed by atoms with Gasteiger partial charge in [0.25, 0.3) is 5.79 Å². The van der Waals surface area contributed by atoms with Crippen LogP contribution < -0.4 is 26.6 Å². The molecule has 34 N–H and O–H groups in total. The molecule has 0 aromatic rings. The molecule has 50 atom stereocenters. The standard InChI is InChI=1S/C73H123N5O53/c1-18-39(95)50(106)53(109)67(116-18)114-16-27(94)56(40(96)24(8-79)74-19(2)87)124-65-37(77-22(5)90)48(104)57(32(14-85)121-65)125-68-54(110)60(127-71-63(52(108)44(100)30(12-83)120-71)129-64-36(76-21(4)89)47(103)42(98)28(10-81)117-64)46(102)34(123-68)17-115-70-62(51(107)43(99)29(11-82)119-70)128-66-38(78-23(6)91)49(105)58(33(15-86)122-66)126-69-55(111)61(45(101)31(13-84)118-69)131-73(72(112)113)7-25(92)35(75-20(3)88)59(130-73)41(97)26(93)9-80/h18,24-71,79-86,92-111H,7-17H2,1-6H3,(H,74,87)(H,75,88)(H,76,89)(H,77,90)(H,78,91)(H,112,113)/t18-,24-,25-,26+,27+,28+,29+,30+,31+,32+,33+,34+,35+,36+,37+,38+,39+,40+,41+,42+,43+,44+,45-,46+,47+,48+,49+,50+,51-,52-,53-,54-,55+,56+,57+,58+,59+,60-,61-,62-,63-,64-,65-,66-,67+,68-,69-,70-,71+,73-/m0/s1. The summed E-state index contributed by atoms with van der Waals surface area (Å²) < 4.78 is 107. The van der Waals surface area contributed by atoms with Crippen molar-refractivity contribution in [2.45, 2.75) is 354 Å². The molecular formula is C73H123N5O53. The molecule has 0 aliphatic carbocycles. The van der Waals surface area contributed by atoms with Crippen LogP contribution in [0, 0.1) is 0 Å². The fraction of sp³-hybridized carbons (Fsp3) is 0.918. The van der Waals surface area contributed by atoms with Crippen molar-refractivity contribution in [3.05, 3.63) is 0 Å². The monoisotopic (exact) mass is 1920 g/mol. The SMILES string of the molecule is CC(=O)N[C@H]1[C@H](O[C@@H]([C@H](O)[C@H](CO)NC(C)=O)[C@H](O)CO[C@@H]2O[C@@H](C)[C@@H](O)[C@@H](O)[C@@H]2O)O[C@H](CO)[C@@H](O[C@@H]2O[C@H](CO[C@H]3O[C@H](CO)[C@@H](O)[C@H](O)[C@@H]3O[C@@H]3O[C@H](CO)[C@@H](O[C@@H]4O[C@H](CO)[C@H](O)[C@H](O[C@]5(C(=O)O)C[C@H](O)[C@@H](NC(C)=O)[C@H]([C@H](O)[C@H](O)CO)O5)[C@H]4O)[C@H](O)[C@H]3NC(C)=O)[C@@H](O)[C@H](O[C@H]3O[C@H](CO)[C@@H](O)[C@H](O)[C@@H]3O[C@@H]3O[C@H](CO)[C@@H](O)[C@H](O)[C@H]3NC(C)=O)[C@@H]2O)[C@@H]1O. The van der Waals surface area contributed by atoms with Crippen molar-refractivity contribution in [3.8, 4) is 0 Å². The molecule has 0 radical (unpaired) electrons. The van der Waals surface area contributed by atoms with E-state index in [1.165, 1.54) is 6.92 Å². The minimum atomic E-state index is -3.32. The van der Waals surface area contributed by atoms with Crippen molar-refractivity contribution in [2.75, 3.05) is 66.1 Å². The molecule has 58 nitrogen and oxygen atoms in total. The summed E-state index contributed by atoms with van der Waals surface area (Å²) in [5, 5.41) is 337. The lowest BCUT2D eigenvalue weighted by Crippen LogP contribution is -2.71. The van der Waals surface area contributed by atoms with Gasteiger partial charge in [-0.05, 0) is 6.92 Å². The summed E-state index contributed by atoms with van der Waals surface area (Å²) >= 11 is 0. The Kier molecular flexibility index (Phi) is 40.2. The molecule has 0 saturated carbocycles. The van der Waals surface area contributed by atoms with Gasteiger partial charge in [0.05, 0.1) is 90.4 Å². The van der Waals surface area contributed by atoms with Crippen LogP contribution in [0.15, 0.2) is 0 Å². The number of carbonyl (C=O) groups is 6. The van der Waals surface area contributed by atoms with Crippen molar-refractivity contribution in [1.82, 2.24) is 26.6 Å². The number of rotatable bonds is 39. The Labute approximate surface area is 742 Å². The van der Waals surface area contributed by atoms with Crippen molar-refractivity contribution >= 4 is 35.5 Å². The third kappa shape index (κ3) is 25.2. The second-order valence-corrected chi connectivity index (χ2v) is 32.9. The summed E-state index contributed by atoms with van der Waals surface area (Å²) in [7, 11) is 0. The second kappa shape index (κ2) is 48.0. The van der Waals surface area contributed by atoms with Crippen molar-refractivity contribution < 1.29 is 262 Å². The average Bonchev–Trinajstić information content (AvgIpc) is 0.748. The molecule has 0 spiro atoms. The number of nitrogens with one attached hydrogen (secondary N) is 5. The Morgan fingerprint density at radius 2 is 0.771 bits per heavy atom. The quantitative estimate of drug-likeness (QED) is 0.0272. The number of amides is 5. The van der Waals surface area contributed by atoms with Gasteiger partial charge in [0.2, 0.25) is 29.5 Å². The minimum Gasteiger partial charge on any atom is -0.477 e. The Bertz CT molecular complexity index is 3610. The molecular weight excluding hydrogens is 1790 g/mol. The van der Waals surface area contributed by atoms with Gasteiger partial charge < -0.3 is 260 Å². The van der Waals surface area contributed by atoms with Gasteiger partial charge in [-0.2, -0.15) is 0 Å². The maximum absolute atomic E-state index is 13.3. The van der Waals surface area contributed by atoms with E-state index in [2.05, 4.69) is 26.6 Å². The van der Waals surface area contributed by atoms with Crippen molar-refractivity contribution in [2.24, 2.45) is 0 Å². The predicted octanol–water partition coefficient (Wildman–Crippen LogP) is -22.2. The molecule has 131 heavy (non-hydrogen) atoms. The van der Waals surface area contributed by atoms with Crippen LogP contribution in [0.1, 0.15) is 48.0 Å². The first-order chi connectivity index (χ1) is 61.7. The van der Waals surface area contributed by atoms with Crippen LogP contribution in [0.4, 0.5) is 0 Å². The maximum Gasteiger partial charge on any atom is 0.364 e. The highest BCUT2D eigenvalue weighted by Gasteiger charge is 2.64. The zero-order valence-electron chi connectivity index (χ0n) is 70.8. The highest BCUT2D eigenvalue weighted by molar-refractivity contribution is 5.77. The van der Waals surface area contributed by atoms with Crippen LogP contribution in [0.3, 0.4) is 0 Å². The Balaban J connectivity index is 1.04. The van der Waals surface area contributed by atoms with Crippen LogP contribution in [0.5, 0.6) is 0 Å². The summed E-state index contributed by atoms with van der Waals surface area (Å²) in [6.45, 7) is -6.12. The van der Waals surface area contributed by atoms with Crippen LogP contribution in [0.25, 0.3) is 0 Å². The minimum absolute atomic E-state index is 0.866. The first-order valence-electron chi connectivity index (χ1n) is 41.5. The molecule has 0 aromatic carbocycles. The number of carboxylic acid groups (broad SMARTS) is 1. The van der Waals surface area contributed by atoms with Crippen LogP contribution in [-0.2, 0) is 114 Å². The van der Waals surface area contributed by atoms with E-state index in [4.69, 9.17) is 85.3 Å². The van der Waals surface area contributed by atoms with E-state index in [0.29, 0.717) is 0 Å². The summed E-state index contributed by atoms with van der Waals surface area (Å²) in [6.07, 6.45) is -97.9. The number of ether oxygens (including phenoxy) is 18. The highest BCUT2D eigenvalue weighted by Crippen LogP contribution is 2.42. The van der Waals surface area contributed by atoms with Gasteiger partial charge in [-0.25, -0.2) is 4.79 Å². The topological polar surface area (TPSA) is 915 Å². The number of aliphatic hydroxyl groups is 28. The molecule has 9 aliphatic heterocycles. The van der Waals surface area contributed by atoms with Gasteiger partial charge >= 0.3 is 5.97 Å². The molecule has 758 valence electrons. The van der Waals surface area contributed by atoms with Gasteiger partial charge in [0.1, 0.15) is 226 Å². The number of carbonyl (C=O) groups excluding carboxylic acids is 5. The van der Waals surface area contributed by atoms with Crippen LogP contribution in [0.2, 0.25) is 0 Å². The molecule has 0 bridgehead atoms. The third-order valence-corrected chi connectivity index (χ3v) is 23.4. The smallest absolute Gasteiger partial charge is 0.364 e. The Hall–Kier alpha value is -5.02. The van der Waals surface area contributed by atoms with E-state index in [1.54, 1.807) is 0 Å². The fourth-order valence-corrected chi connectivity index (χ4v) is 16.5. The molecule has 5 amide bonds. The zero-order valence-corrected chi connectivity index (χ0v) is 70.8. The van der Waals surface area contributed by atoms with E-state index < -0.39 is 414 Å². The zero-order chi connectivity index (χ0) is 97.3.